The topological polar surface area (TPSA) is 422 Å². The Kier molecular flexibility index (Phi) is 54.6. The van der Waals surface area contributed by atoms with Crippen LogP contribution in [0.25, 0.3) is 0 Å². The maximum Gasteiger partial charge on any atom is 0.306 e. The second-order valence-electron chi connectivity index (χ2n) is 38.8. The lowest BCUT2D eigenvalue weighted by molar-refractivity contribution is -0.255. The number of nitrogens with zero attached hydrogens (tertiary/aromatic N) is 1. The first-order valence-corrected chi connectivity index (χ1v) is 50.1. The standard InChI is InChI=1S/C100H170N6O27/c1-62-54-83(129-94(118)45-44-63(2)107)57-106(62)93(117)43-20-19-28-48-103-96(120)81(56-85(113)84(105-92(116)42-27-35-53-124-100-75(14)67(6)71(10)89(133-100)61-128-79(18)111)39-23-31-47-102-91(115)41-26-34-52-123-99-74(13)66(5)70(9)88(132-99)60-127-78(17)110)37-22-30-49-104-95(119)80(55-82(112)38-24-32-50-121-97-72(11)64(3)68(7)86(130-97)58-125-76(15)108)36-21-29-46-101-90(114)40-25-33-51-122-98-73(12)65(4)69(8)87(131-98)59-126-77(16)109/h62,64-75,80-81,83-84,86-89,97-100H,19-61H2,1-18H3,(H,101,114)(H,102,115)(H,103,120)(H,104,119)(H,105,116)/t62-,64+,65+,66+,67+,68-,69-,70-,71-,72?,73?,74?,75?,80?,81?,83-,84?,86?,87?,88?,89?,97-,98-,99-,100-/m1/s1/i1D. The molecule has 0 aromatic heterocycles. The fourth-order valence-corrected chi connectivity index (χ4v) is 18.0. The molecule has 762 valence electrons. The summed E-state index contributed by atoms with van der Waals surface area (Å²) in [6.45, 7) is 34.9. The van der Waals surface area contributed by atoms with Crippen molar-refractivity contribution in [2.24, 2.45) is 82.9 Å². The molecular weight excluding hydrogens is 1720 g/mol. The summed E-state index contributed by atoms with van der Waals surface area (Å²) in [5.41, 5.74) is 0. The fourth-order valence-electron chi connectivity index (χ4n) is 18.0. The number of amides is 6. The zero-order valence-corrected chi connectivity index (χ0v) is 83.5. The molecule has 25 atom stereocenters. The number of ether oxygens (including phenoxy) is 13. The van der Waals surface area contributed by atoms with Crippen molar-refractivity contribution in [1.29, 1.82) is 0 Å². The van der Waals surface area contributed by atoms with Gasteiger partial charge in [-0.3, -0.25) is 62.3 Å². The van der Waals surface area contributed by atoms with Gasteiger partial charge in [-0.1, -0.05) is 102 Å². The first kappa shape index (κ1) is 115. The number of hydrogen-bond acceptors (Lipinski definition) is 27. The average Bonchev–Trinajstić information content (AvgIpc) is 1.20. The third-order valence-corrected chi connectivity index (χ3v) is 28.4. The largest absolute Gasteiger partial charge is 0.463 e. The monoisotopic (exact) mass is 1890 g/mol. The number of unbranched alkanes of at least 4 members (excludes halogenated alkanes) is 9. The van der Waals surface area contributed by atoms with Gasteiger partial charge in [-0.2, -0.15) is 0 Å². The molecule has 5 aliphatic heterocycles. The highest BCUT2D eigenvalue weighted by Crippen LogP contribution is 2.40. The first-order valence-electron chi connectivity index (χ1n) is 50.8. The molecule has 5 N–H and O–H groups in total. The van der Waals surface area contributed by atoms with Gasteiger partial charge in [-0.05, 0) is 170 Å². The summed E-state index contributed by atoms with van der Waals surface area (Å²) in [6, 6.07) is -1.44. The van der Waals surface area contributed by atoms with Gasteiger partial charge in [0.05, 0.1) is 43.4 Å². The number of rotatable bonds is 65. The normalized spacial score (nSPS) is 27.7. The van der Waals surface area contributed by atoms with E-state index in [9.17, 15) is 67.1 Å². The lowest BCUT2D eigenvalue weighted by Crippen LogP contribution is -2.47. The summed E-state index contributed by atoms with van der Waals surface area (Å²) in [4.78, 5) is 184. The zero-order chi connectivity index (χ0) is 98.9. The van der Waals surface area contributed by atoms with Gasteiger partial charge in [0.2, 0.25) is 35.4 Å². The molecule has 0 spiro atoms. The van der Waals surface area contributed by atoms with Crippen LogP contribution in [0.3, 0.4) is 0 Å². The molecule has 5 heterocycles. The molecule has 5 fully saturated rings. The second-order valence-corrected chi connectivity index (χ2v) is 38.8. The number of carbonyl (C=O) groups is 14. The minimum Gasteiger partial charge on any atom is -0.463 e. The van der Waals surface area contributed by atoms with Gasteiger partial charge in [0.1, 0.15) is 44.1 Å². The predicted octanol–water partition coefficient (Wildman–Crippen LogP) is 12.6. The van der Waals surface area contributed by atoms with Crippen LogP contribution in [0, 0.1) is 82.9 Å². The molecule has 0 bridgehead atoms. The SMILES string of the molecule is [2H]C[C@@H]1C[C@@H](OC(=O)CCC(C)=O)CN1C(=O)CCCCCNC(=O)C(CCCCNC(=O)C(CCCCNC(=O)CCCCO[C@@H]1OC(COC(C)=O)[C@H](C)[C@H](C)C1C)CC(=O)CCCCO[C@@H]1OC(COC(C)=O)[C@H](C)[C@H](C)C1C)CC(=O)C(CCCCNC(=O)CCCCO[C@@H]1OC(COC(C)=O)[C@H](C)[C@H](C)C1C)NC(=O)CCCCO[C@@H]1OC(COC(C)=O)[C@H](C)[C@H](C)C1C. The van der Waals surface area contributed by atoms with E-state index in [-0.39, 0.29) is 284 Å². The van der Waals surface area contributed by atoms with Crippen LogP contribution >= 0.6 is 0 Å². The average molecular weight is 1890 g/mol. The lowest BCUT2D eigenvalue weighted by Gasteiger charge is -2.43. The number of nitrogens with one attached hydrogen (secondary N) is 5. The van der Waals surface area contributed by atoms with Crippen LogP contribution < -0.4 is 26.6 Å². The number of carbonyl (C=O) groups excluding carboxylic acids is 14. The Morgan fingerprint density at radius 1 is 0.361 bits per heavy atom. The van der Waals surface area contributed by atoms with E-state index < -0.39 is 79.0 Å². The predicted molar refractivity (Wildman–Crippen MR) is 496 cm³/mol. The summed E-state index contributed by atoms with van der Waals surface area (Å²) < 4.78 is 84.7. The lowest BCUT2D eigenvalue weighted by atomic mass is 9.79. The molecule has 133 heavy (non-hydrogen) atoms. The fraction of sp³-hybridized carbons (Fsp3) is 0.860. The summed E-state index contributed by atoms with van der Waals surface area (Å²) in [7, 11) is 0. The third kappa shape index (κ3) is 44.0. The van der Waals surface area contributed by atoms with E-state index in [1.54, 1.807) is 4.90 Å². The number of hydrogen-bond donors (Lipinski definition) is 5. The number of likely N-dealkylation sites (tertiary alicyclic amines) is 1. The van der Waals surface area contributed by atoms with E-state index in [1.807, 2.05) is 0 Å². The van der Waals surface area contributed by atoms with E-state index >= 15 is 0 Å². The molecule has 5 saturated heterocycles. The van der Waals surface area contributed by atoms with Crippen molar-refractivity contribution in [3.63, 3.8) is 0 Å². The van der Waals surface area contributed by atoms with Crippen molar-refractivity contribution in [3.05, 3.63) is 0 Å². The highest BCUT2D eigenvalue weighted by molar-refractivity contribution is 5.92. The van der Waals surface area contributed by atoms with Crippen LogP contribution in [0.15, 0.2) is 0 Å². The Hall–Kier alpha value is -7.14. The van der Waals surface area contributed by atoms with Crippen LogP contribution in [0.1, 0.15) is 319 Å². The minimum absolute atomic E-state index is 0.0188. The number of Topliss-reactive ketones (excluding diaryl/α,β-unsaturated/α-hetero) is 3. The number of ketones is 3. The van der Waals surface area contributed by atoms with Crippen LogP contribution in [0.5, 0.6) is 0 Å². The van der Waals surface area contributed by atoms with Crippen LogP contribution in [-0.4, -0.2) is 241 Å². The molecule has 0 aromatic carbocycles. The van der Waals surface area contributed by atoms with Crippen molar-refractivity contribution in [2.75, 3.05) is 85.6 Å². The summed E-state index contributed by atoms with van der Waals surface area (Å²) in [6.07, 6.45) is 6.39. The van der Waals surface area contributed by atoms with E-state index in [1.165, 1.54) is 34.6 Å². The molecule has 11 unspecified atom stereocenters. The van der Waals surface area contributed by atoms with Gasteiger partial charge >= 0.3 is 29.8 Å². The van der Waals surface area contributed by atoms with Crippen LogP contribution in [0.4, 0.5) is 0 Å². The molecule has 33 nitrogen and oxygen atoms in total. The number of esters is 5. The highest BCUT2D eigenvalue weighted by Gasteiger charge is 2.45. The van der Waals surface area contributed by atoms with Crippen molar-refractivity contribution in [3.8, 4) is 0 Å². The van der Waals surface area contributed by atoms with Gasteiger partial charge in [0.25, 0.3) is 0 Å². The molecule has 5 aliphatic rings. The minimum atomic E-state index is -1.01. The molecule has 0 aromatic rings. The van der Waals surface area contributed by atoms with Crippen LogP contribution in [-0.2, 0) is 129 Å². The molecule has 0 radical (unpaired) electrons. The maximum absolute atomic E-state index is 15.0. The molecule has 33 heteroatoms. The van der Waals surface area contributed by atoms with E-state index in [0.717, 1.165) is 0 Å². The summed E-state index contributed by atoms with van der Waals surface area (Å²) in [5.74, 6) is -4.03. The van der Waals surface area contributed by atoms with Crippen LogP contribution in [0.2, 0.25) is 0 Å². The van der Waals surface area contributed by atoms with Gasteiger partial charge in [-0.15, -0.1) is 0 Å². The smallest absolute Gasteiger partial charge is 0.306 e. The van der Waals surface area contributed by atoms with Gasteiger partial charge in [0.15, 0.2) is 30.9 Å². The van der Waals surface area contributed by atoms with Crippen molar-refractivity contribution >= 4 is 82.6 Å². The Morgan fingerprint density at radius 3 is 1.08 bits per heavy atom. The second kappa shape index (κ2) is 63.4. The van der Waals surface area contributed by atoms with Crippen molar-refractivity contribution in [2.45, 2.75) is 385 Å². The molecule has 6 amide bonds. The van der Waals surface area contributed by atoms with Gasteiger partial charge in [-0.25, -0.2) is 0 Å². The zero-order valence-electron chi connectivity index (χ0n) is 84.5. The molecular formula is C100H170N6O27. The first-order chi connectivity index (χ1) is 63.8. The quantitative estimate of drug-likeness (QED) is 0.0214. The maximum atomic E-state index is 15.0. The van der Waals surface area contributed by atoms with E-state index in [2.05, 4.69) is 110 Å². The molecule has 0 saturated carbocycles. The summed E-state index contributed by atoms with van der Waals surface area (Å²) in [5, 5.41) is 15.1. The Morgan fingerprint density at radius 2 is 0.707 bits per heavy atom. The van der Waals surface area contributed by atoms with Crippen molar-refractivity contribution in [1.82, 2.24) is 31.5 Å². The van der Waals surface area contributed by atoms with E-state index in [0.29, 0.717) is 155 Å². The summed E-state index contributed by atoms with van der Waals surface area (Å²) >= 11 is 0. The molecule has 5 rings (SSSR count). The van der Waals surface area contributed by atoms with Gasteiger partial charge in [0, 0.05) is 181 Å². The van der Waals surface area contributed by atoms with E-state index in [4.69, 9.17) is 62.9 Å². The Labute approximate surface area is 793 Å². The van der Waals surface area contributed by atoms with Crippen molar-refractivity contribution < 1.29 is 130 Å². The Bertz CT molecular complexity index is 3580. The van der Waals surface area contributed by atoms with Gasteiger partial charge < -0.3 is 97.9 Å². The molecule has 0 aliphatic carbocycles. The third-order valence-electron chi connectivity index (χ3n) is 28.4. The highest BCUT2D eigenvalue weighted by atomic mass is 16.7. The Balaban J connectivity index is 1.26.